The number of rotatable bonds is 3. The van der Waals surface area contributed by atoms with Gasteiger partial charge in [-0.15, -0.1) is 11.6 Å². The molecule has 1 saturated carbocycles. The van der Waals surface area contributed by atoms with Gasteiger partial charge < -0.3 is 5.32 Å². The summed E-state index contributed by atoms with van der Waals surface area (Å²) in [4.78, 5) is 0. The molecule has 1 N–H and O–H groups in total. The minimum atomic E-state index is -0.166. The molecule has 18 heavy (non-hydrogen) atoms. The maximum atomic E-state index is 13.0. The summed E-state index contributed by atoms with van der Waals surface area (Å²) in [5.41, 5.74) is 2.16. The number of benzene rings is 1. The normalized spacial score (nSPS) is 24.8. The second-order valence-corrected chi connectivity index (χ2v) is 5.77. The fourth-order valence-electron chi connectivity index (χ4n) is 2.59. The number of aryl methyl sites for hydroxylation is 1. The van der Waals surface area contributed by atoms with Crippen molar-refractivity contribution >= 4 is 11.6 Å². The summed E-state index contributed by atoms with van der Waals surface area (Å²) < 4.78 is 13.0. The van der Waals surface area contributed by atoms with Gasteiger partial charge in [-0.2, -0.15) is 0 Å². The maximum Gasteiger partial charge on any atom is 0.123 e. The van der Waals surface area contributed by atoms with E-state index in [1.54, 1.807) is 6.07 Å². The van der Waals surface area contributed by atoms with Crippen molar-refractivity contribution in [2.75, 3.05) is 0 Å². The lowest BCUT2D eigenvalue weighted by atomic mass is 10.1. The van der Waals surface area contributed by atoms with Crippen LogP contribution in [0.2, 0.25) is 0 Å². The van der Waals surface area contributed by atoms with E-state index < -0.39 is 0 Å². The highest BCUT2D eigenvalue weighted by Crippen LogP contribution is 2.23. The van der Waals surface area contributed by atoms with Crippen LogP contribution in [0.3, 0.4) is 0 Å². The van der Waals surface area contributed by atoms with Crippen LogP contribution in [0.1, 0.15) is 43.2 Å². The van der Waals surface area contributed by atoms with E-state index in [0.29, 0.717) is 6.04 Å². The van der Waals surface area contributed by atoms with Crippen molar-refractivity contribution in [2.24, 2.45) is 0 Å². The maximum absolute atomic E-state index is 13.0. The average Bonchev–Trinajstić information content (AvgIpc) is 2.53. The zero-order chi connectivity index (χ0) is 13.0. The predicted octanol–water partition coefficient (Wildman–Crippen LogP) is 4.16. The van der Waals surface area contributed by atoms with Gasteiger partial charge in [-0.1, -0.05) is 25.3 Å². The second kappa shape index (κ2) is 6.53. The van der Waals surface area contributed by atoms with E-state index in [1.165, 1.54) is 25.3 Å². The van der Waals surface area contributed by atoms with E-state index >= 15 is 0 Å². The largest absolute Gasteiger partial charge is 0.308 e. The van der Waals surface area contributed by atoms with Crippen molar-refractivity contribution < 1.29 is 4.39 Å². The third kappa shape index (κ3) is 3.69. The Hall–Kier alpha value is -0.600. The molecule has 3 heteroatoms. The molecule has 0 bridgehead atoms. The lowest BCUT2D eigenvalue weighted by molar-refractivity contribution is 0.464. The molecule has 0 aromatic heterocycles. The van der Waals surface area contributed by atoms with Gasteiger partial charge in [-0.05, 0) is 43.0 Å². The molecule has 0 amide bonds. The Morgan fingerprint density at radius 1 is 1.28 bits per heavy atom. The van der Waals surface area contributed by atoms with Gasteiger partial charge in [0.15, 0.2) is 0 Å². The predicted molar refractivity (Wildman–Crippen MR) is 74.5 cm³/mol. The summed E-state index contributed by atoms with van der Waals surface area (Å²) in [6.07, 6.45) is 6.03. The van der Waals surface area contributed by atoms with Crippen molar-refractivity contribution in [3.63, 3.8) is 0 Å². The zero-order valence-corrected chi connectivity index (χ0v) is 11.6. The van der Waals surface area contributed by atoms with Crippen LogP contribution < -0.4 is 5.32 Å². The van der Waals surface area contributed by atoms with Gasteiger partial charge in [0.25, 0.3) is 0 Å². The van der Waals surface area contributed by atoms with Crippen molar-refractivity contribution in [2.45, 2.75) is 57.0 Å². The second-order valence-electron chi connectivity index (χ2n) is 5.21. The Kier molecular flexibility index (Phi) is 5.02. The van der Waals surface area contributed by atoms with Crippen molar-refractivity contribution in [3.8, 4) is 0 Å². The summed E-state index contributed by atoms with van der Waals surface area (Å²) in [5, 5.41) is 3.76. The van der Waals surface area contributed by atoms with E-state index in [0.717, 1.165) is 30.5 Å². The van der Waals surface area contributed by atoms with E-state index in [4.69, 9.17) is 11.6 Å². The van der Waals surface area contributed by atoms with E-state index in [2.05, 4.69) is 5.32 Å². The van der Waals surface area contributed by atoms with Gasteiger partial charge in [0, 0.05) is 18.0 Å². The summed E-state index contributed by atoms with van der Waals surface area (Å²) in [5.74, 6) is -0.166. The van der Waals surface area contributed by atoms with Gasteiger partial charge in [-0.3, -0.25) is 0 Å². The first kappa shape index (κ1) is 13.8. The summed E-state index contributed by atoms with van der Waals surface area (Å²) >= 11 is 6.40. The third-order valence-electron chi connectivity index (χ3n) is 3.79. The third-order valence-corrected chi connectivity index (χ3v) is 4.31. The van der Waals surface area contributed by atoms with Gasteiger partial charge >= 0.3 is 0 Å². The first-order chi connectivity index (χ1) is 8.66. The van der Waals surface area contributed by atoms with Crippen LogP contribution in [-0.2, 0) is 6.54 Å². The van der Waals surface area contributed by atoms with Gasteiger partial charge in [0.1, 0.15) is 5.82 Å². The quantitative estimate of drug-likeness (QED) is 0.642. The first-order valence-electron chi connectivity index (χ1n) is 6.79. The lowest BCUT2D eigenvalue weighted by Gasteiger charge is -2.21. The molecule has 1 aliphatic rings. The Morgan fingerprint density at radius 2 is 2.06 bits per heavy atom. The van der Waals surface area contributed by atoms with Crippen LogP contribution in [-0.4, -0.2) is 11.4 Å². The summed E-state index contributed by atoms with van der Waals surface area (Å²) in [6, 6.07) is 5.36. The zero-order valence-electron chi connectivity index (χ0n) is 10.9. The van der Waals surface area contributed by atoms with Crippen molar-refractivity contribution in [3.05, 3.63) is 35.1 Å². The molecule has 2 rings (SSSR count). The van der Waals surface area contributed by atoms with Crippen LogP contribution in [0, 0.1) is 12.7 Å². The van der Waals surface area contributed by atoms with E-state index in [1.807, 2.05) is 13.0 Å². The van der Waals surface area contributed by atoms with Crippen LogP contribution in [0.15, 0.2) is 18.2 Å². The topological polar surface area (TPSA) is 12.0 Å². The fraction of sp³-hybridized carbons (Fsp3) is 0.600. The van der Waals surface area contributed by atoms with Gasteiger partial charge in [0.05, 0.1) is 0 Å². The Labute approximate surface area is 114 Å². The van der Waals surface area contributed by atoms with E-state index in [-0.39, 0.29) is 11.2 Å². The number of halogens is 2. The molecule has 0 saturated heterocycles. The molecular formula is C15H21ClFN. The molecule has 0 aliphatic heterocycles. The van der Waals surface area contributed by atoms with Crippen LogP contribution in [0.5, 0.6) is 0 Å². The molecule has 0 radical (unpaired) electrons. The van der Waals surface area contributed by atoms with Gasteiger partial charge in [0.2, 0.25) is 0 Å². The van der Waals surface area contributed by atoms with Crippen molar-refractivity contribution in [1.82, 2.24) is 5.32 Å². The number of alkyl halides is 1. The lowest BCUT2D eigenvalue weighted by Crippen LogP contribution is -2.36. The monoisotopic (exact) mass is 269 g/mol. The first-order valence-corrected chi connectivity index (χ1v) is 7.23. The van der Waals surface area contributed by atoms with Crippen LogP contribution in [0.25, 0.3) is 0 Å². The van der Waals surface area contributed by atoms with Crippen molar-refractivity contribution in [1.29, 1.82) is 0 Å². The highest BCUT2D eigenvalue weighted by atomic mass is 35.5. The molecule has 1 aromatic rings. The molecule has 1 aliphatic carbocycles. The van der Waals surface area contributed by atoms with Crippen LogP contribution in [0.4, 0.5) is 4.39 Å². The fourth-order valence-corrected chi connectivity index (χ4v) is 2.96. The smallest absolute Gasteiger partial charge is 0.123 e. The molecule has 2 unspecified atom stereocenters. The van der Waals surface area contributed by atoms with E-state index in [9.17, 15) is 4.39 Å². The highest BCUT2D eigenvalue weighted by Gasteiger charge is 2.21. The minimum absolute atomic E-state index is 0.166. The highest BCUT2D eigenvalue weighted by molar-refractivity contribution is 6.21. The number of nitrogens with one attached hydrogen (secondary N) is 1. The summed E-state index contributed by atoms with van der Waals surface area (Å²) in [6.45, 7) is 2.73. The molecule has 2 atom stereocenters. The molecule has 0 heterocycles. The molecule has 1 nitrogen and oxygen atoms in total. The Morgan fingerprint density at radius 3 is 2.83 bits per heavy atom. The molecule has 0 spiro atoms. The summed E-state index contributed by atoms with van der Waals surface area (Å²) in [7, 11) is 0. The SMILES string of the molecule is Cc1cc(F)ccc1CNC1CCCCCC1Cl. The molecule has 1 fully saturated rings. The Bertz CT molecular complexity index is 394. The van der Waals surface area contributed by atoms with Crippen LogP contribution >= 0.6 is 11.6 Å². The standard InChI is InChI=1S/C15H21ClFN/c1-11-9-13(17)8-7-12(11)10-18-15-6-4-2-3-5-14(15)16/h7-9,14-15,18H,2-6,10H2,1H3. The Balaban J connectivity index is 1.93. The average molecular weight is 270 g/mol. The van der Waals surface area contributed by atoms with Gasteiger partial charge in [-0.25, -0.2) is 4.39 Å². The molecular weight excluding hydrogens is 249 g/mol. The number of hydrogen-bond acceptors (Lipinski definition) is 1. The minimum Gasteiger partial charge on any atom is -0.308 e. The molecule has 100 valence electrons. The number of hydrogen-bond donors (Lipinski definition) is 1. The molecule has 1 aromatic carbocycles.